The van der Waals surface area contributed by atoms with Gasteiger partial charge >= 0.3 is 0 Å². The van der Waals surface area contributed by atoms with E-state index in [-0.39, 0.29) is 32.3 Å². The summed E-state index contributed by atoms with van der Waals surface area (Å²) < 4.78 is 0. The minimum atomic E-state index is -0.375. The molecule has 0 aliphatic rings. The zero-order valence-electron chi connectivity index (χ0n) is 19.6. The van der Waals surface area contributed by atoms with Gasteiger partial charge in [0.25, 0.3) is 0 Å². The first-order valence-corrected chi connectivity index (χ1v) is 11.4. The molecule has 2 atom stereocenters. The van der Waals surface area contributed by atoms with Crippen LogP contribution in [0.4, 0.5) is 0 Å². The Bertz CT molecular complexity index is 1360. The summed E-state index contributed by atoms with van der Waals surface area (Å²) in [6.45, 7) is 5.49. The van der Waals surface area contributed by atoms with Crippen molar-refractivity contribution in [1.82, 2.24) is 9.97 Å². The van der Waals surface area contributed by atoms with Gasteiger partial charge in [0.15, 0.2) is 0 Å². The molecule has 5 aromatic rings. The van der Waals surface area contributed by atoms with Crippen LogP contribution in [-0.4, -0.2) is 32.4 Å². The number of aliphatic hydroxyl groups excluding tert-OH is 2. The maximum absolute atomic E-state index is 8.56. The third-order valence-electron chi connectivity index (χ3n) is 5.65. The molecule has 1 radical (unpaired) electrons. The third-order valence-corrected chi connectivity index (χ3v) is 5.65. The van der Waals surface area contributed by atoms with Crippen LogP contribution in [0, 0.1) is 6.07 Å². The van der Waals surface area contributed by atoms with Crippen LogP contribution in [0.2, 0.25) is 0 Å². The minimum absolute atomic E-state index is 0. The van der Waals surface area contributed by atoms with Gasteiger partial charge < -0.3 is 15.2 Å². The van der Waals surface area contributed by atoms with Crippen molar-refractivity contribution in [2.75, 3.05) is 0 Å². The van der Waals surface area contributed by atoms with E-state index >= 15 is 0 Å². The molecule has 5 rings (SSSR count). The van der Waals surface area contributed by atoms with Crippen molar-refractivity contribution in [1.29, 1.82) is 0 Å². The number of aromatic nitrogens is 2. The Kier molecular flexibility index (Phi) is 8.87. The van der Waals surface area contributed by atoms with Crippen molar-refractivity contribution < 1.29 is 30.3 Å². The smallest absolute Gasteiger partial charge is 0.0873 e. The third kappa shape index (κ3) is 5.68. The fourth-order valence-electron chi connectivity index (χ4n) is 4.12. The van der Waals surface area contributed by atoms with Crippen LogP contribution >= 0.6 is 0 Å². The zero-order valence-corrected chi connectivity index (χ0v) is 22.0. The van der Waals surface area contributed by atoms with Crippen LogP contribution in [0.25, 0.3) is 43.8 Å². The van der Waals surface area contributed by atoms with Crippen molar-refractivity contribution in [2.24, 2.45) is 0 Å². The van der Waals surface area contributed by atoms with Gasteiger partial charge in [0.05, 0.1) is 23.4 Å². The van der Waals surface area contributed by atoms with Gasteiger partial charge in [0.1, 0.15) is 0 Å². The second-order valence-corrected chi connectivity index (χ2v) is 8.44. The number of nitrogens with zero attached hydrogens (tertiary/aromatic N) is 2. The fourth-order valence-corrected chi connectivity index (χ4v) is 4.12. The number of benzene rings is 4. The molecule has 0 aliphatic carbocycles. The molecule has 1 aromatic heterocycles. The molecular weight excluding hydrogens is 601 g/mol. The van der Waals surface area contributed by atoms with Crippen LogP contribution in [0.3, 0.4) is 0 Å². The average Bonchev–Trinajstić information content (AvgIpc) is 2.83. The Balaban J connectivity index is 0.000000357. The number of aryl methyl sites for hydroxylation is 1. The molecule has 34 heavy (non-hydrogen) atoms. The fraction of sp³-hybridized carbons (Fsp3) is 0.241. The summed E-state index contributed by atoms with van der Waals surface area (Å²) in [5.41, 5.74) is 5.18. The molecule has 0 saturated heterocycles. The van der Waals surface area contributed by atoms with Gasteiger partial charge in [-0.15, -0.1) is 29.7 Å². The molecule has 0 fully saturated rings. The Morgan fingerprint density at radius 1 is 0.853 bits per heavy atom. The monoisotopic (exact) mass is 630 g/mol. The van der Waals surface area contributed by atoms with Crippen LogP contribution in [0.5, 0.6) is 0 Å². The van der Waals surface area contributed by atoms with Gasteiger partial charge in [0.2, 0.25) is 0 Å². The number of aliphatic hydroxyl groups is 2. The standard InChI is InChI=1S/C24H17N2.C5H12O2.Ir/c1-2-16-8-7-9-17(14-16)22-15-25-23-20-12-5-3-10-18(20)19-11-4-6-13-21(19)24(23)26-22;1-4(6)3-5(2)7;/h3-11,13-15H,2H2,1H3;4-7H,3H2,1-2H3;/q-1;;. The molecule has 177 valence electrons. The second kappa shape index (κ2) is 11.6. The van der Waals surface area contributed by atoms with E-state index in [0.29, 0.717) is 6.42 Å². The molecule has 0 spiro atoms. The molecule has 0 saturated carbocycles. The summed E-state index contributed by atoms with van der Waals surface area (Å²) in [4.78, 5) is 9.81. The number of hydrogen-bond donors (Lipinski definition) is 2. The molecule has 2 unspecified atom stereocenters. The maximum Gasteiger partial charge on any atom is 0.0873 e. The van der Waals surface area contributed by atoms with Crippen LogP contribution < -0.4 is 0 Å². The first-order valence-electron chi connectivity index (χ1n) is 11.4. The molecule has 0 amide bonds. The first kappa shape index (κ1) is 25.9. The van der Waals surface area contributed by atoms with Crippen molar-refractivity contribution in [3.05, 3.63) is 84.6 Å². The first-order chi connectivity index (χ1) is 16.0. The van der Waals surface area contributed by atoms with Crippen molar-refractivity contribution in [3.8, 4) is 11.3 Å². The number of rotatable bonds is 4. The average molecular weight is 630 g/mol. The largest absolute Gasteiger partial charge is 0.393 e. The SMILES string of the molecule is CC(O)CC(C)O.CCc1cccc(-c2cnc3c4[c-]cccc4c4ccccc4c3n2)c1.[Ir]. The Hall–Kier alpha value is -2.69. The van der Waals surface area contributed by atoms with E-state index in [4.69, 9.17) is 20.2 Å². The quantitative estimate of drug-likeness (QED) is 0.186. The number of hydrogen-bond acceptors (Lipinski definition) is 4. The van der Waals surface area contributed by atoms with Gasteiger partial charge in [-0.25, -0.2) is 0 Å². The molecule has 4 nitrogen and oxygen atoms in total. The summed E-state index contributed by atoms with van der Waals surface area (Å²) in [5.74, 6) is 0. The predicted octanol–water partition coefficient (Wildman–Crippen LogP) is 6.10. The summed E-state index contributed by atoms with van der Waals surface area (Å²) in [6, 6.07) is 26.4. The Morgan fingerprint density at radius 2 is 1.56 bits per heavy atom. The van der Waals surface area contributed by atoms with Crippen molar-refractivity contribution >= 4 is 32.6 Å². The van der Waals surface area contributed by atoms with Gasteiger partial charge in [-0.3, -0.25) is 4.98 Å². The molecule has 0 bridgehead atoms. The summed E-state index contributed by atoms with van der Waals surface area (Å²) in [6.07, 6.45) is 2.61. The van der Waals surface area contributed by atoms with Crippen LogP contribution in [0.1, 0.15) is 32.8 Å². The minimum Gasteiger partial charge on any atom is -0.393 e. The summed E-state index contributed by atoms with van der Waals surface area (Å²) in [7, 11) is 0. The van der Waals surface area contributed by atoms with E-state index < -0.39 is 0 Å². The predicted molar refractivity (Wildman–Crippen MR) is 136 cm³/mol. The van der Waals surface area contributed by atoms with Crippen molar-refractivity contribution in [3.63, 3.8) is 0 Å². The topological polar surface area (TPSA) is 66.2 Å². The van der Waals surface area contributed by atoms with E-state index in [2.05, 4.69) is 67.6 Å². The zero-order chi connectivity index (χ0) is 23.4. The van der Waals surface area contributed by atoms with E-state index in [1.54, 1.807) is 13.8 Å². The molecule has 5 heteroatoms. The van der Waals surface area contributed by atoms with E-state index in [1.165, 1.54) is 16.3 Å². The second-order valence-electron chi connectivity index (χ2n) is 8.44. The molecular formula is C29H29IrN2O2-. The van der Waals surface area contributed by atoms with Crippen LogP contribution in [-0.2, 0) is 26.5 Å². The summed E-state index contributed by atoms with van der Waals surface area (Å²) in [5, 5.41) is 21.7. The van der Waals surface area contributed by atoms with E-state index in [0.717, 1.165) is 39.5 Å². The Labute approximate surface area is 214 Å². The van der Waals surface area contributed by atoms with Gasteiger partial charge in [-0.1, -0.05) is 60.2 Å². The van der Waals surface area contributed by atoms with Gasteiger partial charge in [-0.05, 0) is 43.7 Å². The van der Waals surface area contributed by atoms with Crippen LogP contribution in [0.15, 0.2) is 72.9 Å². The van der Waals surface area contributed by atoms with E-state index in [9.17, 15) is 0 Å². The van der Waals surface area contributed by atoms with Gasteiger partial charge in [-0.2, -0.15) is 0 Å². The Morgan fingerprint density at radius 3 is 2.24 bits per heavy atom. The van der Waals surface area contributed by atoms with E-state index in [1.807, 2.05) is 18.3 Å². The normalized spacial score (nSPS) is 12.6. The summed E-state index contributed by atoms with van der Waals surface area (Å²) >= 11 is 0. The molecule has 2 N–H and O–H groups in total. The molecule has 0 aliphatic heterocycles. The molecule has 1 heterocycles. The van der Waals surface area contributed by atoms with Crippen molar-refractivity contribution in [2.45, 2.75) is 45.8 Å². The van der Waals surface area contributed by atoms with Gasteiger partial charge in [0, 0.05) is 37.4 Å². The maximum atomic E-state index is 8.56. The molecule has 4 aromatic carbocycles. The number of fused-ring (bicyclic) bond motifs is 6.